The van der Waals surface area contributed by atoms with Gasteiger partial charge in [-0.3, -0.25) is 9.67 Å². The molecule has 0 saturated carbocycles. The Morgan fingerprint density at radius 1 is 1.19 bits per heavy atom. The fourth-order valence-corrected chi connectivity index (χ4v) is 3.94. The first-order chi connectivity index (χ1) is 15.1. The molecule has 0 spiro atoms. The maximum Gasteiger partial charge on any atom is 0.341 e. The number of benzene rings is 1. The predicted octanol–water partition coefficient (Wildman–Crippen LogP) is 5.11. The van der Waals surface area contributed by atoms with E-state index in [9.17, 15) is 4.79 Å². The van der Waals surface area contributed by atoms with Crippen LogP contribution in [0.4, 0.5) is 0 Å². The zero-order valence-corrected chi connectivity index (χ0v) is 18.2. The third kappa shape index (κ3) is 5.32. The highest BCUT2D eigenvalue weighted by atomic mass is 32.1. The van der Waals surface area contributed by atoms with E-state index in [1.54, 1.807) is 35.3 Å². The quantitative estimate of drug-likeness (QED) is 0.381. The normalized spacial score (nSPS) is 11.2. The number of nitrogens with zero attached hydrogens (tertiary/aromatic N) is 4. The second-order valence-electron chi connectivity index (χ2n) is 7.03. The second-order valence-corrected chi connectivity index (χ2v) is 7.97. The van der Waals surface area contributed by atoms with Crippen LogP contribution in [0.1, 0.15) is 39.0 Å². The molecule has 0 aliphatic rings. The van der Waals surface area contributed by atoms with Gasteiger partial charge in [-0.2, -0.15) is 5.10 Å². The Morgan fingerprint density at radius 3 is 2.87 bits per heavy atom. The first-order valence-electron chi connectivity index (χ1n) is 9.95. The first-order valence-corrected chi connectivity index (χ1v) is 10.8. The number of hydrogen-bond donors (Lipinski definition) is 0. The fraction of sp³-hybridized carbons (Fsp3) is 0.167. The van der Waals surface area contributed by atoms with E-state index in [0.29, 0.717) is 18.7 Å². The topological polar surface area (TPSA) is 69.9 Å². The van der Waals surface area contributed by atoms with Crippen LogP contribution in [0.5, 0.6) is 0 Å². The Labute approximate surface area is 184 Å². The molecule has 1 aromatic carbocycles. The van der Waals surface area contributed by atoms with Crippen molar-refractivity contribution in [3.05, 3.63) is 87.8 Å². The summed E-state index contributed by atoms with van der Waals surface area (Å²) in [7, 11) is 0. The molecule has 0 radical (unpaired) electrons. The third-order valence-corrected chi connectivity index (χ3v) is 5.38. The molecule has 7 heteroatoms. The number of carbonyl (C=O) groups is 1. The summed E-state index contributed by atoms with van der Waals surface area (Å²) in [5, 5.41) is 7.22. The van der Waals surface area contributed by atoms with E-state index >= 15 is 0 Å². The van der Waals surface area contributed by atoms with E-state index in [2.05, 4.69) is 52.7 Å². The number of aromatic nitrogens is 4. The number of carbonyl (C=O) groups excluding carboxylic acids is 1. The zero-order chi connectivity index (χ0) is 21.6. The molecule has 4 aromatic rings. The van der Waals surface area contributed by atoms with Crippen LogP contribution in [0.15, 0.2) is 60.5 Å². The van der Waals surface area contributed by atoms with Gasteiger partial charge >= 0.3 is 5.97 Å². The molecule has 3 heterocycles. The summed E-state index contributed by atoms with van der Waals surface area (Å²) in [5.41, 5.74) is 5.78. The maximum atomic E-state index is 11.8. The molecule has 0 fully saturated rings. The summed E-state index contributed by atoms with van der Waals surface area (Å²) in [6.45, 7) is 4.71. The van der Waals surface area contributed by atoms with Crippen molar-refractivity contribution in [3.63, 3.8) is 0 Å². The van der Waals surface area contributed by atoms with Gasteiger partial charge in [0.2, 0.25) is 0 Å². The number of aryl methyl sites for hydroxylation is 1. The SMILES string of the molecule is CCOC(=O)c1cnn(Cc2nc(-c3cc(C)cc(/C=C\c4cccnc4)c3)cs2)c1. The molecule has 0 aliphatic carbocycles. The maximum absolute atomic E-state index is 11.8. The molecule has 0 N–H and O–H groups in total. The van der Waals surface area contributed by atoms with Crippen molar-refractivity contribution in [1.29, 1.82) is 0 Å². The summed E-state index contributed by atoms with van der Waals surface area (Å²) in [4.78, 5) is 20.7. The van der Waals surface area contributed by atoms with Crippen molar-refractivity contribution < 1.29 is 9.53 Å². The van der Waals surface area contributed by atoms with E-state index in [-0.39, 0.29) is 5.97 Å². The lowest BCUT2D eigenvalue weighted by molar-refractivity contribution is 0.0526. The summed E-state index contributed by atoms with van der Waals surface area (Å²) in [5.74, 6) is -0.361. The molecule has 0 aliphatic heterocycles. The fourth-order valence-electron chi connectivity index (χ4n) is 3.15. The minimum Gasteiger partial charge on any atom is -0.462 e. The van der Waals surface area contributed by atoms with Gasteiger partial charge in [0.25, 0.3) is 0 Å². The monoisotopic (exact) mass is 430 g/mol. The van der Waals surface area contributed by atoms with Gasteiger partial charge in [-0.25, -0.2) is 9.78 Å². The molecule has 0 atom stereocenters. The minimum atomic E-state index is -0.361. The van der Waals surface area contributed by atoms with Gasteiger partial charge < -0.3 is 4.74 Å². The van der Waals surface area contributed by atoms with Crippen LogP contribution in [0.3, 0.4) is 0 Å². The summed E-state index contributed by atoms with van der Waals surface area (Å²) in [6, 6.07) is 10.4. The van der Waals surface area contributed by atoms with Crippen molar-refractivity contribution in [2.75, 3.05) is 6.61 Å². The average Bonchev–Trinajstić information content (AvgIpc) is 3.43. The number of hydrogen-bond acceptors (Lipinski definition) is 6. The number of ether oxygens (including phenoxy) is 1. The summed E-state index contributed by atoms with van der Waals surface area (Å²) >= 11 is 1.57. The van der Waals surface area contributed by atoms with E-state index in [0.717, 1.165) is 27.4 Å². The molecular formula is C24H22N4O2S. The van der Waals surface area contributed by atoms with Crippen LogP contribution in [-0.2, 0) is 11.3 Å². The Hall–Kier alpha value is -3.58. The smallest absolute Gasteiger partial charge is 0.341 e. The molecule has 0 unspecified atom stereocenters. The van der Waals surface area contributed by atoms with Crippen molar-refractivity contribution in [1.82, 2.24) is 19.7 Å². The van der Waals surface area contributed by atoms with E-state index < -0.39 is 0 Å². The lowest BCUT2D eigenvalue weighted by atomic mass is 10.0. The number of pyridine rings is 1. The highest BCUT2D eigenvalue weighted by Gasteiger charge is 2.11. The van der Waals surface area contributed by atoms with Gasteiger partial charge in [0.05, 0.1) is 30.6 Å². The summed E-state index contributed by atoms with van der Waals surface area (Å²) in [6.07, 6.45) is 10.9. The third-order valence-electron chi connectivity index (χ3n) is 4.54. The number of esters is 1. The van der Waals surface area contributed by atoms with Crippen LogP contribution in [-0.4, -0.2) is 32.3 Å². The van der Waals surface area contributed by atoms with Crippen LogP contribution in [0, 0.1) is 6.92 Å². The standard InChI is InChI=1S/C24H22N4O2S/c1-3-30-24(29)21-13-26-28(14-21)15-23-27-22(16-31-23)20-10-17(2)9-19(11-20)7-6-18-5-4-8-25-12-18/h4-14,16H,3,15H2,1-2H3/b7-6-. The van der Waals surface area contributed by atoms with Crippen LogP contribution in [0.2, 0.25) is 0 Å². The van der Waals surface area contributed by atoms with Crippen LogP contribution < -0.4 is 0 Å². The Kier molecular flexibility index (Phi) is 6.33. The van der Waals surface area contributed by atoms with Gasteiger partial charge in [0.1, 0.15) is 5.01 Å². The number of rotatable bonds is 7. The highest BCUT2D eigenvalue weighted by Crippen LogP contribution is 2.25. The zero-order valence-electron chi connectivity index (χ0n) is 17.4. The molecule has 0 bridgehead atoms. The Morgan fingerprint density at radius 2 is 2.06 bits per heavy atom. The Balaban J connectivity index is 1.50. The molecule has 31 heavy (non-hydrogen) atoms. The minimum absolute atomic E-state index is 0.343. The predicted molar refractivity (Wildman–Crippen MR) is 123 cm³/mol. The second kappa shape index (κ2) is 9.49. The average molecular weight is 431 g/mol. The molecule has 3 aromatic heterocycles. The lowest BCUT2D eigenvalue weighted by Crippen LogP contribution is -2.04. The lowest BCUT2D eigenvalue weighted by Gasteiger charge is -2.03. The van der Waals surface area contributed by atoms with Gasteiger partial charge in [0, 0.05) is 29.5 Å². The van der Waals surface area contributed by atoms with Gasteiger partial charge in [-0.15, -0.1) is 11.3 Å². The van der Waals surface area contributed by atoms with Crippen molar-refractivity contribution in [2.45, 2.75) is 20.4 Å². The largest absolute Gasteiger partial charge is 0.462 e. The molecular weight excluding hydrogens is 408 g/mol. The summed E-state index contributed by atoms with van der Waals surface area (Å²) < 4.78 is 6.71. The van der Waals surface area contributed by atoms with Crippen LogP contribution in [0.25, 0.3) is 23.4 Å². The van der Waals surface area contributed by atoms with Crippen molar-refractivity contribution in [3.8, 4) is 11.3 Å². The van der Waals surface area contributed by atoms with Crippen molar-refractivity contribution in [2.24, 2.45) is 0 Å². The highest BCUT2D eigenvalue weighted by molar-refractivity contribution is 7.09. The van der Waals surface area contributed by atoms with Gasteiger partial charge in [-0.1, -0.05) is 24.3 Å². The van der Waals surface area contributed by atoms with E-state index in [4.69, 9.17) is 9.72 Å². The molecule has 4 rings (SSSR count). The van der Waals surface area contributed by atoms with Gasteiger partial charge in [-0.05, 0) is 48.7 Å². The molecule has 156 valence electrons. The van der Waals surface area contributed by atoms with E-state index in [1.807, 2.05) is 18.3 Å². The van der Waals surface area contributed by atoms with E-state index in [1.165, 1.54) is 11.8 Å². The van der Waals surface area contributed by atoms with Gasteiger partial charge in [0.15, 0.2) is 0 Å². The Bertz CT molecular complexity index is 1210. The molecule has 0 saturated heterocycles. The number of thiazole rings is 1. The molecule has 6 nitrogen and oxygen atoms in total. The van der Waals surface area contributed by atoms with Crippen LogP contribution >= 0.6 is 11.3 Å². The first kappa shape index (κ1) is 20.7. The molecule has 0 amide bonds. The van der Waals surface area contributed by atoms with Crippen molar-refractivity contribution >= 4 is 29.5 Å².